The summed E-state index contributed by atoms with van der Waals surface area (Å²) in [7, 11) is -1.55. The average Bonchev–Trinajstić information content (AvgIpc) is 3.25. The van der Waals surface area contributed by atoms with Crippen molar-refractivity contribution >= 4 is 32.6 Å². The Kier molecular flexibility index (Phi) is 6.51. The summed E-state index contributed by atoms with van der Waals surface area (Å²) in [5, 5.41) is 0. The third kappa shape index (κ3) is 5.00. The number of piperidine rings is 1. The molecule has 1 aliphatic carbocycles. The van der Waals surface area contributed by atoms with Crippen molar-refractivity contribution in [2.24, 2.45) is 22.2 Å². The fourth-order valence-corrected chi connectivity index (χ4v) is 5.31. The maximum absolute atomic E-state index is 13.9. The number of aliphatic imine (C=N–C) groups is 1. The molecule has 1 aromatic rings. The predicted molar refractivity (Wildman–Crippen MR) is 135 cm³/mol. The van der Waals surface area contributed by atoms with E-state index in [0.29, 0.717) is 36.7 Å². The minimum absolute atomic E-state index is 0.0471. The van der Waals surface area contributed by atoms with Crippen LogP contribution in [-0.4, -0.2) is 60.1 Å². The van der Waals surface area contributed by atoms with Gasteiger partial charge in [0, 0.05) is 35.7 Å². The molecule has 2 fully saturated rings. The lowest BCUT2D eigenvalue weighted by Gasteiger charge is -2.25. The molecule has 1 saturated heterocycles. The fraction of sp³-hybridized carbons (Fsp3) is 0.538. The molecule has 0 N–H and O–H groups in total. The minimum atomic E-state index is -2.81. The zero-order chi connectivity index (χ0) is 24.1. The number of fused-ring (bicyclic) bond motifs is 1. The molecule has 3 atom stereocenters. The summed E-state index contributed by atoms with van der Waals surface area (Å²) in [6.07, 6.45) is 3.14. The van der Waals surface area contributed by atoms with Crippen LogP contribution in [0.2, 0.25) is 0 Å². The minimum Gasteiger partial charge on any atom is -0.337 e. The van der Waals surface area contributed by atoms with Gasteiger partial charge in [0.15, 0.2) is 0 Å². The number of halogens is 2. The Morgan fingerprint density at radius 2 is 2.03 bits per heavy atom. The van der Waals surface area contributed by atoms with Crippen molar-refractivity contribution in [1.29, 1.82) is 0 Å². The third-order valence-corrected chi connectivity index (χ3v) is 8.39. The molecule has 2 aliphatic rings. The van der Waals surface area contributed by atoms with E-state index in [1.165, 1.54) is 6.92 Å². The van der Waals surface area contributed by atoms with Crippen LogP contribution < -0.4 is 0 Å². The van der Waals surface area contributed by atoms with Gasteiger partial charge in [-0.2, -0.15) is 9.21 Å². The van der Waals surface area contributed by atoms with Crippen LogP contribution in [0.1, 0.15) is 50.0 Å². The first-order valence-electron chi connectivity index (χ1n) is 11.1. The van der Waals surface area contributed by atoms with E-state index >= 15 is 0 Å². The van der Waals surface area contributed by atoms with Gasteiger partial charge in [0.1, 0.15) is 0 Å². The number of hydrogen-bond donors (Lipinski definition) is 0. The highest BCUT2D eigenvalue weighted by Gasteiger charge is 2.62. The summed E-state index contributed by atoms with van der Waals surface area (Å²) in [4.78, 5) is 20.9. The van der Waals surface area contributed by atoms with E-state index in [4.69, 9.17) is 0 Å². The summed E-state index contributed by atoms with van der Waals surface area (Å²) in [5.41, 5.74) is 3.22. The van der Waals surface area contributed by atoms with Gasteiger partial charge in [0.2, 0.25) is 5.92 Å². The number of benzene rings is 1. The Bertz CT molecular complexity index is 1060. The van der Waals surface area contributed by atoms with E-state index in [9.17, 15) is 13.6 Å². The SMILES string of the molecule is C=C(CN=C(C)C)C12CC1CN(C(=O)c1cc(S(=C)(=C)C)ccc1C[C@H](C)C(C)(F)F)C2. The molecule has 2 unspecified atom stereocenters. The van der Waals surface area contributed by atoms with Gasteiger partial charge < -0.3 is 4.90 Å². The second-order valence-electron chi connectivity index (χ2n) is 10.3. The second kappa shape index (κ2) is 8.44. The molecule has 1 aromatic carbocycles. The molecule has 0 spiro atoms. The Morgan fingerprint density at radius 1 is 1.38 bits per heavy atom. The molecule has 1 aliphatic heterocycles. The molecule has 1 amide bonds. The van der Waals surface area contributed by atoms with Gasteiger partial charge >= 0.3 is 0 Å². The number of carbonyl (C=O) groups is 1. The molecule has 32 heavy (non-hydrogen) atoms. The number of alkyl halides is 2. The lowest BCUT2D eigenvalue weighted by atomic mass is 9.92. The largest absolute Gasteiger partial charge is 0.337 e. The highest BCUT2D eigenvalue weighted by Crippen LogP contribution is 2.62. The lowest BCUT2D eigenvalue weighted by Crippen LogP contribution is -2.33. The highest BCUT2D eigenvalue weighted by molar-refractivity contribution is 8.27. The fourth-order valence-electron chi connectivity index (χ4n) is 4.51. The van der Waals surface area contributed by atoms with Crippen LogP contribution in [0.25, 0.3) is 0 Å². The Balaban J connectivity index is 1.88. The Morgan fingerprint density at radius 3 is 2.59 bits per heavy atom. The van der Waals surface area contributed by atoms with Gasteiger partial charge in [-0.15, -0.1) is 0 Å². The number of rotatable bonds is 8. The maximum atomic E-state index is 13.9. The summed E-state index contributed by atoms with van der Waals surface area (Å²) in [6, 6.07) is 5.54. The second-order valence-corrected chi connectivity index (χ2v) is 13.3. The quantitative estimate of drug-likeness (QED) is 0.278. The van der Waals surface area contributed by atoms with E-state index in [1.54, 1.807) is 0 Å². The van der Waals surface area contributed by atoms with Gasteiger partial charge in [-0.05, 0) is 74.0 Å². The van der Waals surface area contributed by atoms with Gasteiger partial charge in [-0.25, -0.2) is 8.78 Å². The molecule has 0 aromatic heterocycles. The lowest BCUT2D eigenvalue weighted by molar-refractivity contribution is -0.0321. The van der Waals surface area contributed by atoms with Gasteiger partial charge in [-0.1, -0.05) is 31.3 Å². The van der Waals surface area contributed by atoms with Crippen LogP contribution in [-0.2, 0) is 6.42 Å². The number of hydrogen-bond acceptors (Lipinski definition) is 2. The summed E-state index contributed by atoms with van der Waals surface area (Å²) in [6.45, 7) is 12.6. The molecule has 1 saturated carbocycles. The summed E-state index contributed by atoms with van der Waals surface area (Å²) in [5.74, 6) is 4.96. The number of likely N-dealkylation sites (tertiary alicyclic amines) is 1. The van der Waals surface area contributed by atoms with Crippen molar-refractivity contribution in [2.75, 3.05) is 25.9 Å². The van der Waals surface area contributed by atoms with Crippen LogP contribution >= 0.6 is 9.21 Å². The third-order valence-electron chi connectivity index (χ3n) is 7.00. The Labute approximate surface area is 192 Å². The smallest absolute Gasteiger partial charge is 0.254 e. The van der Waals surface area contributed by atoms with Gasteiger partial charge in [0.05, 0.1) is 6.54 Å². The van der Waals surface area contributed by atoms with E-state index < -0.39 is 21.0 Å². The van der Waals surface area contributed by atoms with Gasteiger partial charge in [-0.3, -0.25) is 9.79 Å². The molecular weight excluding hydrogens is 426 g/mol. The van der Waals surface area contributed by atoms with E-state index in [1.807, 2.05) is 43.2 Å². The number of nitrogens with zero attached hydrogens (tertiary/aromatic N) is 2. The normalized spacial score (nSPS) is 23.5. The van der Waals surface area contributed by atoms with Crippen molar-refractivity contribution in [1.82, 2.24) is 4.90 Å². The van der Waals surface area contributed by atoms with Crippen molar-refractivity contribution in [3.63, 3.8) is 0 Å². The van der Waals surface area contributed by atoms with E-state index in [-0.39, 0.29) is 17.7 Å². The molecular formula is C26H36F2N2OS. The van der Waals surface area contributed by atoms with E-state index in [0.717, 1.165) is 29.5 Å². The van der Waals surface area contributed by atoms with Crippen LogP contribution in [0.15, 0.2) is 40.2 Å². The van der Waals surface area contributed by atoms with E-state index in [2.05, 4.69) is 23.3 Å². The van der Waals surface area contributed by atoms with Crippen molar-refractivity contribution in [2.45, 2.75) is 51.4 Å². The average molecular weight is 463 g/mol. The first-order valence-corrected chi connectivity index (χ1v) is 13.4. The molecule has 6 heteroatoms. The van der Waals surface area contributed by atoms with Crippen LogP contribution in [0.3, 0.4) is 0 Å². The predicted octanol–water partition coefficient (Wildman–Crippen LogP) is 5.68. The summed E-state index contributed by atoms with van der Waals surface area (Å²) >= 11 is 0. The van der Waals surface area contributed by atoms with Crippen molar-refractivity contribution in [3.05, 3.63) is 41.5 Å². The molecule has 3 nitrogen and oxygen atoms in total. The zero-order valence-electron chi connectivity index (χ0n) is 20.0. The molecule has 0 radical (unpaired) electrons. The maximum Gasteiger partial charge on any atom is 0.254 e. The molecule has 0 bridgehead atoms. The van der Waals surface area contributed by atoms with Crippen molar-refractivity contribution < 1.29 is 13.6 Å². The van der Waals surface area contributed by atoms with Crippen molar-refractivity contribution in [3.8, 4) is 0 Å². The molecule has 3 rings (SSSR count). The first kappa shape index (κ1) is 24.7. The zero-order valence-corrected chi connectivity index (χ0v) is 20.8. The highest BCUT2D eigenvalue weighted by atomic mass is 32.2. The van der Waals surface area contributed by atoms with Crippen LogP contribution in [0.4, 0.5) is 8.78 Å². The standard InChI is InChI=1S/C26H36F2N2OS/c1-17(2)29-14-19(4)26-13-21(26)15-30(16-26)24(31)23-12-22(32(6,7)8)10-9-20(23)11-18(3)25(5,27)28/h9-10,12,18,21H,4,6-7,11,13-16H2,1-3,5,8H3/t18-,21?,26?/m0/s1. The first-order chi connectivity index (χ1) is 14.6. The van der Waals surface area contributed by atoms with Gasteiger partial charge in [0.25, 0.3) is 5.91 Å². The number of carbonyl (C=O) groups excluding carboxylic acids is 1. The monoisotopic (exact) mass is 462 g/mol. The Hall–Kier alpha value is -1.95. The van der Waals surface area contributed by atoms with Crippen LogP contribution in [0.5, 0.6) is 0 Å². The molecule has 1 heterocycles. The van der Waals surface area contributed by atoms with Crippen LogP contribution in [0, 0.1) is 17.3 Å². The number of amides is 1. The molecule has 176 valence electrons. The topological polar surface area (TPSA) is 32.7 Å². The summed E-state index contributed by atoms with van der Waals surface area (Å²) < 4.78 is 27.8.